The summed E-state index contributed by atoms with van der Waals surface area (Å²) in [6, 6.07) is 14.2. The molecule has 0 fully saturated rings. The van der Waals surface area contributed by atoms with E-state index in [0.29, 0.717) is 21.8 Å². The van der Waals surface area contributed by atoms with Gasteiger partial charge in [-0.25, -0.2) is 0 Å². The highest BCUT2D eigenvalue weighted by Crippen LogP contribution is 2.24. The number of H-pyrrole nitrogens is 1. The van der Waals surface area contributed by atoms with Crippen molar-refractivity contribution in [1.82, 2.24) is 15.5 Å². The number of aromatic amines is 1. The van der Waals surface area contributed by atoms with Crippen LogP contribution < -0.4 is 10.1 Å². The largest absolute Gasteiger partial charge is 0.497 e. The van der Waals surface area contributed by atoms with Crippen molar-refractivity contribution in [3.8, 4) is 17.0 Å². The molecule has 0 saturated heterocycles. The molecule has 134 valence electrons. The highest BCUT2D eigenvalue weighted by molar-refractivity contribution is 6.30. The number of aliphatic hydroxyl groups is 1. The van der Waals surface area contributed by atoms with E-state index in [-0.39, 0.29) is 12.5 Å². The van der Waals surface area contributed by atoms with Gasteiger partial charge in [-0.15, -0.1) is 0 Å². The van der Waals surface area contributed by atoms with Crippen LogP contribution in [0.5, 0.6) is 5.75 Å². The maximum Gasteiger partial charge on any atom is 0.255 e. The Kier molecular flexibility index (Phi) is 5.55. The fourth-order valence-electron chi connectivity index (χ4n) is 2.55. The SMILES string of the molecule is COc1ccc(-c2[nH]ncc2C(=O)NCC(O)c2cccc(Cl)c2)cc1. The Morgan fingerprint density at radius 3 is 2.77 bits per heavy atom. The van der Waals surface area contributed by atoms with Crippen molar-refractivity contribution >= 4 is 17.5 Å². The zero-order valence-corrected chi connectivity index (χ0v) is 14.8. The molecule has 0 aliphatic heterocycles. The maximum atomic E-state index is 12.5. The van der Waals surface area contributed by atoms with E-state index in [2.05, 4.69) is 15.5 Å². The first-order valence-corrected chi connectivity index (χ1v) is 8.36. The lowest BCUT2D eigenvalue weighted by atomic mass is 10.1. The lowest BCUT2D eigenvalue weighted by Gasteiger charge is -2.12. The number of hydrogen-bond donors (Lipinski definition) is 3. The Morgan fingerprint density at radius 1 is 1.31 bits per heavy atom. The van der Waals surface area contributed by atoms with Gasteiger partial charge in [0.25, 0.3) is 5.91 Å². The lowest BCUT2D eigenvalue weighted by Crippen LogP contribution is -2.28. The molecule has 0 aliphatic rings. The molecule has 1 unspecified atom stereocenters. The van der Waals surface area contributed by atoms with Crippen molar-refractivity contribution < 1.29 is 14.6 Å². The molecule has 0 radical (unpaired) electrons. The van der Waals surface area contributed by atoms with Gasteiger partial charge in [-0.3, -0.25) is 9.89 Å². The maximum absolute atomic E-state index is 12.5. The molecule has 1 aromatic heterocycles. The number of rotatable bonds is 6. The smallest absolute Gasteiger partial charge is 0.255 e. The van der Waals surface area contributed by atoms with Crippen LogP contribution in [0.4, 0.5) is 0 Å². The fraction of sp³-hybridized carbons (Fsp3) is 0.158. The summed E-state index contributed by atoms with van der Waals surface area (Å²) in [5.41, 5.74) is 2.44. The minimum atomic E-state index is -0.853. The third-order valence-electron chi connectivity index (χ3n) is 3.95. The zero-order valence-electron chi connectivity index (χ0n) is 14.1. The van der Waals surface area contributed by atoms with Gasteiger partial charge >= 0.3 is 0 Å². The number of amides is 1. The Hall–Kier alpha value is -2.83. The van der Waals surface area contributed by atoms with Gasteiger partial charge in [0.15, 0.2) is 0 Å². The van der Waals surface area contributed by atoms with Gasteiger partial charge in [0.05, 0.1) is 30.7 Å². The number of methoxy groups -OCH3 is 1. The summed E-state index contributed by atoms with van der Waals surface area (Å²) in [7, 11) is 1.59. The van der Waals surface area contributed by atoms with E-state index in [0.717, 1.165) is 11.3 Å². The van der Waals surface area contributed by atoms with E-state index in [9.17, 15) is 9.90 Å². The van der Waals surface area contributed by atoms with Gasteiger partial charge < -0.3 is 15.2 Å². The molecule has 0 saturated carbocycles. The second kappa shape index (κ2) is 8.03. The van der Waals surface area contributed by atoms with E-state index in [4.69, 9.17) is 16.3 Å². The summed E-state index contributed by atoms with van der Waals surface area (Å²) in [6.45, 7) is 0.0619. The minimum Gasteiger partial charge on any atom is -0.497 e. The van der Waals surface area contributed by atoms with E-state index in [1.54, 1.807) is 43.5 Å². The summed E-state index contributed by atoms with van der Waals surface area (Å²) in [6.07, 6.45) is 0.606. The van der Waals surface area contributed by atoms with Gasteiger partial charge in [-0.2, -0.15) is 5.10 Å². The van der Waals surface area contributed by atoms with Crippen LogP contribution >= 0.6 is 11.6 Å². The number of benzene rings is 2. The van der Waals surface area contributed by atoms with Crippen molar-refractivity contribution in [2.75, 3.05) is 13.7 Å². The number of nitrogens with one attached hydrogen (secondary N) is 2. The number of carbonyl (C=O) groups excluding carboxylic acids is 1. The van der Waals surface area contributed by atoms with E-state index in [1.807, 2.05) is 12.1 Å². The van der Waals surface area contributed by atoms with Crippen LogP contribution in [-0.2, 0) is 0 Å². The highest BCUT2D eigenvalue weighted by Gasteiger charge is 2.17. The first-order chi connectivity index (χ1) is 12.6. The molecule has 1 amide bonds. The third kappa shape index (κ3) is 4.04. The number of carbonyl (C=O) groups is 1. The molecule has 3 N–H and O–H groups in total. The topological polar surface area (TPSA) is 87.2 Å². The van der Waals surface area contributed by atoms with Crippen molar-refractivity contribution in [2.24, 2.45) is 0 Å². The Balaban J connectivity index is 1.70. The van der Waals surface area contributed by atoms with E-state index >= 15 is 0 Å². The standard InChI is InChI=1S/C19H18ClN3O3/c1-26-15-7-5-12(6-8-15)18-16(10-22-23-18)19(25)21-11-17(24)13-3-2-4-14(20)9-13/h2-10,17,24H,11H2,1H3,(H,21,25)(H,22,23). The summed E-state index contributed by atoms with van der Waals surface area (Å²) in [5.74, 6) is 0.398. The van der Waals surface area contributed by atoms with Crippen LogP contribution in [0.1, 0.15) is 22.0 Å². The molecule has 2 aromatic carbocycles. The number of ether oxygens (including phenoxy) is 1. The molecular weight excluding hydrogens is 354 g/mol. The number of hydrogen-bond acceptors (Lipinski definition) is 4. The molecule has 7 heteroatoms. The third-order valence-corrected chi connectivity index (χ3v) is 4.19. The Bertz CT molecular complexity index is 893. The molecule has 6 nitrogen and oxygen atoms in total. The van der Waals surface area contributed by atoms with E-state index in [1.165, 1.54) is 6.20 Å². The number of nitrogens with zero attached hydrogens (tertiary/aromatic N) is 1. The van der Waals surface area contributed by atoms with Gasteiger partial charge in [-0.1, -0.05) is 23.7 Å². The normalized spacial score (nSPS) is 11.8. The minimum absolute atomic E-state index is 0.0619. The molecule has 1 atom stereocenters. The molecule has 3 rings (SSSR count). The summed E-state index contributed by atoms with van der Waals surface area (Å²) < 4.78 is 5.14. The average Bonchev–Trinajstić information content (AvgIpc) is 3.16. The molecule has 0 aliphatic carbocycles. The molecule has 3 aromatic rings. The first kappa shape index (κ1) is 18.0. The quantitative estimate of drug-likeness (QED) is 0.621. The van der Waals surface area contributed by atoms with Crippen LogP contribution in [0.2, 0.25) is 5.02 Å². The van der Waals surface area contributed by atoms with Crippen LogP contribution in [-0.4, -0.2) is 34.9 Å². The Labute approximate surface area is 155 Å². The van der Waals surface area contributed by atoms with Crippen molar-refractivity contribution in [3.63, 3.8) is 0 Å². The van der Waals surface area contributed by atoms with Crippen LogP contribution in [0.25, 0.3) is 11.3 Å². The Morgan fingerprint density at radius 2 is 2.08 bits per heavy atom. The molecule has 1 heterocycles. The van der Waals surface area contributed by atoms with Crippen molar-refractivity contribution in [3.05, 3.63) is 70.9 Å². The fourth-order valence-corrected chi connectivity index (χ4v) is 2.75. The number of aliphatic hydroxyl groups excluding tert-OH is 1. The number of aromatic nitrogens is 2. The van der Waals surface area contributed by atoms with Gasteiger partial charge in [0, 0.05) is 17.1 Å². The zero-order chi connectivity index (χ0) is 18.5. The molecule has 0 spiro atoms. The summed E-state index contributed by atoms with van der Waals surface area (Å²) >= 11 is 5.92. The molecular formula is C19H18ClN3O3. The van der Waals surface area contributed by atoms with E-state index < -0.39 is 6.10 Å². The number of halogens is 1. The van der Waals surface area contributed by atoms with Crippen LogP contribution in [0.3, 0.4) is 0 Å². The monoisotopic (exact) mass is 371 g/mol. The van der Waals surface area contributed by atoms with Gasteiger partial charge in [0.1, 0.15) is 5.75 Å². The van der Waals surface area contributed by atoms with Gasteiger partial charge in [0.2, 0.25) is 0 Å². The van der Waals surface area contributed by atoms with Crippen molar-refractivity contribution in [2.45, 2.75) is 6.10 Å². The highest BCUT2D eigenvalue weighted by atomic mass is 35.5. The summed E-state index contributed by atoms with van der Waals surface area (Å²) in [4.78, 5) is 12.5. The predicted octanol–water partition coefficient (Wildman–Crippen LogP) is 3.20. The molecule has 0 bridgehead atoms. The first-order valence-electron chi connectivity index (χ1n) is 7.98. The lowest BCUT2D eigenvalue weighted by molar-refractivity contribution is 0.0917. The molecule has 26 heavy (non-hydrogen) atoms. The second-order valence-corrected chi connectivity index (χ2v) is 6.10. The average molecular weight is 372 g/mol. The predicted molar refractivity (Wildman–Crippen MR) is 99.3 cm³/mol. The summed E-state index contributed by atoms with van der Waals surface area (Å²) in [5, 5.41) is 20.3. The van der Waals surface area contributed by atoms with Gasteiger partial charge in [-0.05, 0) is 42.0 Å². The van der Waals surface area contributed by atoms with Crippen LogP contribution in [0, 0.1) is 0 Å². The second-order valence-electron chi connectivity index (χ2n) is 5.67. The van der Waals surface area contributed by atoms with Crippen LogP contribution in [0.15, 0.2) is 54.7 Å². The van der Waals surface area contributed by atoms with Crippen molar-refractivity contribution in [1.29, 1.82) is 0 Å².